The molecule has 1 aromatic rings. The van der Waals surface area contributed by atoms with Crippen LogP contribution in [0.4, 0.5) is 0 Å². The third-order valence-corrected chi connectivity index (χ3v) is 2.71. The van der Waals surface area contributed by atoms with Crippen molar-refractivity contribution in [3.8, 4) is 0 Å². The van der Waals surface area contributed by atoms with E-state index >= 15 is 0 Å². The van der Waals surface area contributed by atoms with E-state index in [1.54, 1.807) is 0 Å². The van der Waals surface area contributed by atoms with E-state index in [4.69, 9.17) is 5.73 Å². The molecule has 0 saturated heterocycles. The predicted molar refractivity (Wildman–Crippen MR) is 64.2 cm³/mol. The number of hydrogen-bond donors (Lipinski definition) is 2. The largest absolute Gasteiger partial charge is 0.324 e. The molecule has 0 saturated carbocycles. The summed E-state index contributed by atoms with van der Waals surface area (Å²) in [6.45, 7) is 4.05. The lowest BCUT2D eigenvalue weighted by molar-refractivity contribution is 0.370. The van der Waals surface area contributed by atoms with Crippen molar-refractivity contribution in [2.75, 3.05) is 7.05 Å². The lowest BCUT2D eigenvalue weighted by Crippen LogP contribution is -2.45. The van der Waals surface area contributed by atoms with Gasteiger partial charge < -0.3 is 11.1 Å². The first-order chi connectivity index (χ1) is 6.45. The summed E-state index contributed by atoms with van der Waals surface area (Å²) in [6, 6.07) is 8.38. The highest BCUT2D eigenvalue weighted by atomic mass is 79.9. The molecular weight excluding hydrogens is 240 g/mol. The fourth-order valence-corrected chi connectivity index (χ4v) is 2.07. The average molecular weight is 257 g/mol. The lowest BCUT2D eigenvalue weighted by Gasteiger charge is -2.30. The number of hydrogen-bond acceptors (Lipinski definition) is 2. The maximum Gasteiger partial charge on any atom is 0.0495 e. The summed E-state index contributed by atoms with van der Waals surface area (Å²) in [7, 11) is 1.93. The average Bonchev–Trinajstić information content (AvgIpc) is 2.02. The van der Waals surface area contributed by atoms with Gasteiger partial charge in [-0.1, -0.05) is 28.1 Å². The topological polar surface area (TPSA) is 38.0 Å². The van der Waals surface area contributed by atoms with E-state index in [0.29, 0.717) is 0 Å². The van der Waals surface area contributed by atoms with Gasteiger partial charge in [0.2, 0.25) is 0 Å². The van der Waals surface area contributed by atoms with Crippen molar-refractivity contribution >= 4 is 15.9 Å². The van der Waals surface area contributed by atoms with E-state index in [2.05, 4.69) is 33.4 Å². The summed E-state index contributed by atoms with van der Waals surface area (Å²) in [5.41, 5.74) is 7.03. The van der Waals surface area contributed by atoms with Crippen LogP contribution in [0.3, 0.4) is 0 Å². The van der Waals surface area contributed by atoms with Crippen molar-refractivity contribution in [1.29, 1.82) is 0 Å². The van der Waals surface area contributed by atoms with Gasteiger partial charge in [-0.15, -0.1) is 0 Å². The van der Waals surface area contributed by atoms with Crippen LogP contribution >= 0.6 is 15.9 Å². The molecule has 1 atom stereocenters. The van der Waals surface area contributed by atoms with Gasteiger partial charge in [0.15, 0.2) is 0 Å². The highest BCUT2D eigenvalue weighted by molar-refractivity contribution is 9.10. The number of rotatable bonds is 3. The summed E-state index contributed by atoms with van der Waals surface area (Å²) >= 11 is 3.46. The Morgan fingerprint density at radius 1 is 1.43 bits per heavy atom. The Kier molecular flexibility index (Phi) is 3.70. The highest BCUT2D eigenvalue weighted by Crippen LogP contribution is 2.25. The second-order valence-electron chi connectivity index (χ2n) is 4.10. The van der Waals surface area contributed by atoms with E-state index < -0.39 is 0 Å². The van der Waals surface area contributed by atoms with Crippen molar-refractivity contribution in [2.45, 2.75) is 25.4 Å². The third-order valence-electron chi connectivity index (χ3n) is 2.21. The van der Waals surface area contributed by atoms with E-state index in [1.807, 2.05) is 33.0 Å². The van der Waals surface area contributed by atoms with Gasteiger partial charge in [0.05, 0.1) is 0 Å². The number of nitrogens with two attached hydrogens (primary N) is 1. The lowest BCUT2D eigenvalue weighted by atomic mass is 9.90. The number of nitrogens with one attached hydrogen (secondary N) is 1. The van der Waals surface area contributed by atoms with Crippen LogP contribution in [0, 0.1) is 0 Å². The van der Waals surface area contributed by atoms with E-state index in [0.717, 1.165) is 4.47 Å². The van der Waals surface area contributed by atoms with Crippen molar-refractivity contribution < 1.29 is 0 Å². The molecular formula is C11H17BrN2. The molecule has 3 N–H and O–H groups in total. The highest BCUT2D eigenvalue weighted by Gasteiger charge is 2.24. The second kappa shape index (κ2) is 4.43. The van der Waals surface area contributed by atoms with Crippen LogP contribution in [-0.4, -0.2) is 12.6 Å². The fourth-order valence-electron chi connectivity index (χ4n) is 1.65. The molecule has 0 aliphatic heterocycles. The number of halogens is 1. The van der Waals surface area contributed by atoms with Crippen LogP contribution in [0.2, 0.25) is 0 Å². The minimum Gasteiger partial charge on any atom is -0.324 e. The molecule has 2 nitrogen and oxygen atoms in total. The molecule has 0 heterocycles. The standard InChI is InChI=1S/C11H17BrN2/c1-11(2,13)10(14-3)8-5-4-6-9(12)7-8/h4-7,10,14H,13H2,1-3H3. The molecule has 1 unspecified atom stereocenters. The van der Waals surface area contributed by atoms with Gasteiger partial charge in [-0.2, -0.15) is 0 Å². The van der Waals surface area contributed by atoms with Crippen LogP contribution in [0.25, 0.3) is 0 Å². The fraction of sp³-hybridized carbons (Fsp3) is 0.455. The van der Waals surface area contributed by atoms with Crippen LogP contribution < -0.4 is 11.1 Å². The minimum atomic E-state index is -0.268. The van der Waals surface area contributed by atoms with E-state index in [-0.39, 0.29) is 11.6 Å². The van der Waals surface area contributed by atoms with Gasteiger partial charge in [-0.25, -0.2) is 0 Å². The Labute approximate surface area is 94.0 Å². The van der Waals surface area contributed by atoms with Crippen LogP contribution in [0.15, 0.2) is 28.7 Å². The normalized spacial score (nSPS) is 14.1. The van der Waals surface area contributed by atoms with Crippen molar-refractivity contribution in [3.63, 3.8) is 0 Å². The molecule has 0 amide bonds. The molecule has 0 spiro atoms. The zero-order valence-electron chi connectivity index (χ0n) is 8.84. The SMILES string of the molecule is CNC(c1cccc(Br)c1)C(C)(C)N. The Morgan fingerprint density at radius 3 is 2.50 bits per heavy atom. The predicted octanol–water partition coefficient (Wildman–Crippen LogP) is 2.45. The van der Waals surface area contributed by atoms with Crippen LogP contribution in [-0.2, 0) is 0 Å². The molecule has 0 aliphatic rings. The van der Waals surface area contributed by atoms with Gasteiger partial charge in [-0.3, -0.25) is 0 Å². The minimum absolute atomic E-state index is 0.167. The molecule has 0 radical (unpaired) electrons. The summed E-state index contributed by atoms with van der Waals surface area (Å²) in [6.07, 6.45) is 0. The van der Waals surface area contributed by atoms with Gasteiger partial charge in [-0.05, 0) is 38.6 Å². The Bertz CT molecular complexity index is 304. The van der Waals surface area contributed by atoms with Gasteiger partial charge >= 0.3 is 0 Å². The molecule has 0 aliphatic carbocycles. The van der Waals surface area contributed by atoms with Crippen molar-refractivity contribution in [2.24, 2.45) is 5.73 Å². The van der Waals surface area contributed by atoms with Crippen molar-refractivity contribution in [1.82, 2.24) is 5.32 Å². The van der Waals surface area contributed by atoms with Gasteiger partial charge in [0.25, 0.3) is 0 Å². The number of likely N-dealkylation sites (N-methyl/N-ethyl adjacent to an activating group) is 1. The first-order valence-electron chi connectivity index (χ1n) is 4.67. The molecule has 1 aromatic carbocycles. The van der Waals surface area contributed by atoms with E-state index in [9.17, 15) is 0 Å². The quantitative estimate of drug-likeness (QED) is 0.872. The molecule has 78 valence electrons. The molecule has 14 heavy (non-hydrogen) atoms. The van der Waals surface area contributed by atoms with Gasteiger partial charge in [0.1, 0.15) is 0 Å². The summed E-state index contributed by atoms with van der Waals surface area (Å²) < 4.78 is 1.08. The number of benzene rings is 1. The van der Waals surface area contributed by atoms with Gasteiger partial charge in [0, 0.05) is 16.1 Å². The zero-order chi connectivity index (χ0) is 10.8. The summed E-state index contributed by atoms with van der Waals surface area (Å²) in [5, 5.41) is 3.24. The van der Waals surface area contributed by atoms with Crippen LogP contribution in [0.5, 0.6) is 0 Å². The molecule has 0 bridgehead atoms. The Hall–Kier alpha value is -0.380. The summed E-state index contributed by atoms with van der Waals surface area (Å²) in [4.78, 5) is 0. The molecule has 0 aromatic heterocycles. The van der Waals surface area contributed by atoms with E-state index in [1.165, 1.54) is 5.56 Å². The molecule has 0 fully saturated rings. The van der Waals surface area contributed by atoms with Crippen LogP contribution in [0.1, 0.15) is 25.5 Å². The monoisotopic (exact) mass is 256 g/mol. The Balaban J connectivity index is 3.01. The second-order valence-corrected chi connectivity index (χ2v) is 5.01. The smallest absolute Gasteiger partial charge is 0.0495 e. The Morgan fingerprint density at radius 2 is 2.07 bits per heavy atom. The maximum atomic E-state index is 6.09. The first kappa shape index (κ1) is 11.7. The zero-order valence-corrected chi connectivity index (χ0v) is 10.4. The van der Waals surface area contributed by atoms with Crippen molar-refractivity contribution in [3.05, 3.63) is 34.3 Å². The third kappa shape index (κ3) is 2.80. The maximum absolute atomic E-state index is 6.09. The first-order valence-corrected chi connectivity index (χ1v) is 5.46. The molecule has 1 rings (SSSR count). The summed E-state index contributed by atoms with van der Waals surface area (Å²) in [5.74, 6) is 0. The molecule has 3 heteroatoms.